The van der Waals surface area contributed by atoms with E-state index in [1.54, 1.807) is 0 Å². The Morgan fingerprint density at radius 2 is 2.20 bits per heavy atom. The Morgan fingerprint density at radius 3 is 2.90 bits per heavy atom. The van der Waals surface area contributed by atoms with Crippen molar-refractivity contribution in [2.24, 2.45) is 11.7 Å². The number of hydrogen-bond donors (Lipinski definition) is 1. The first kappa shape index (κ1) is 14.5. The van der Waals surface area contributed by atoms with Crippen molar-refractivity contribution in [3.05, 3.63) is 30.2 Å². The summed E-state index contributed by atoms with van der Waals surface area (Å²) in [6.45, 7) is 5.33. The second kappa shape index (κ2) is 7.05. The monoisotopic (exact) mass is 275 g/mol. The van der Waals surface area contributed by atoms with Gasteiger partial charge >= 0.3 is 0 Å². The van der Waals surface area contributed by atoms with Gasteiger partial charge in [0.05, 0.1) is 6.61 Å². The van der Waals surface area contributed by atoms with Gasteiger partial charge in [0.2, 0.25) is 11.7 Å². The van der Waals surface area contributed by atoms with E-state index in [1.807, 2.05) is 31.2 Å². The molecule has 0 spiro atoms. The molecule has 0 aliphatic carbocycles. The first-order valence-electron chi connectivity index (χ1n) is 7.02. The van der Waals surface area contributed by atoms with E-state index in [2.05, 4.69) is 17.1 Å². The van der Waals surface area contributed by atoms with Crippen LogP contribution in [0.5, 0.6) is 5.75 Å². The lowest BCUT2D eigenvalue weighted by atomic mass is 10.0. The van der Waals surface area contributed by atoms with Crippen molar-refractivity contribution in [1.29, 1.82) is 0 Å². The standard InChI is InChI=1S/C15H21N3O2/c1-3-11(10-16)8-14-17-15(18-20-14)12-6-5-7-13(9-12)19-4-2/h5-7,9,11H,3-4,8,10,16H2,1-2H3. The van der Waals surface area contributed by atoms with E-state index < -0.39 is 0 Å². The van der Waals surface area contributed by atoms with Crippen LogP contribution in [0.2, 0.25) is 0 Å². The first-order valence-corrected chi connectivity index (χ1v) is 7.02. The van der Waals surface area contributed by atoms with E-state index in [4.69, 9.17) is 15.0 Å². The van der Waals surface area contributed by atoms with Gasteiger partial charge in [-0.15, -0.1) is 0 Å². The molecule has 0 fully saturated rings. The Labute approximate surface area is 119 Å². The molecule has 1 aromatic carbocycles. The van der Waals surface area contributed by atoms with Gasteiger partial charge in [-0.25, -0.2) is 0 Å². The molecule has 1 unspecified atom stereocenters. The Bertz CT molecular complexity index is 535. The van der Waals surface area contributed by atoms with Crippen molar-refractivity contribution < 1.29 is 9.26 Å². The fraction of sp³-hybridized carbons (Fsp3) is 0.467. The van der Waals surface area contributed by atoms with E-state index in [-0.39, 0.29) is 0 Å². The summed E-state index contributed by atoms with van der Waals surface area (Å²) in [7, 11) is 0. The van der Waals surface area contributed by atoms with Gasteiger partial charge in [-0.2, -0.15) is 4.98 Å². The summed E-state index contributed by atoms with van der Waals surface area (Å²) in [4.78, 5) is 4.43. The van der Waals surface area contributed by atoms with Gasteiger partial charge < -0.3 is 15.0 Å². The summed E-state index contributed by atoms with van der Waals surface area (Å²) in [5.74, 6) is 2.43. The van der Waals surface area contributed by atoms with Crippen LogP contribution in [-0.2, 0) is 6.42 Å². The third kappa shape index (κ3) is 3.57. The zero-order valence-electron chi connectivity index (χ0n) is 12.0. The average molecular weight is 275 g/mol. The van der Waals surface area contributed by atoms with E-state index >= 15 is 0 Å². The normalized spacial score (nSPS) is 12.3. The molecule has 0 bridgehead atoms. The summed E-state index contributed by atoms with van der Waals surface area (Å²) in [6, 6.07) is 7.69. The highest BCUT2D eigenvalue weighted by molar-refractivity contribution is 5.56. The van der Waals surface area contributed by atoms with E-state index in [0.717, 1.165) is 24.2 Å². The van der Waals surface area contributed by atoms with Gasteiger partial charge in [-0.05, 0) is 31.5 Å². The molecule has 1 atom stereocenters. The van der Waals surface area contributed by atoms with Crippen molar-refractivity contribution in [3.63, 3.8) is 0 Å². The van der Waals surface area contributed by atoms with Crippen molar-refractivity contribution in [2.45, 2.75) is 26.7 Å². The van der Waals surface area contributed by atoms with Crippen molar-refractivity contribution in [3.8, 4) is 17.1 Å². The average Bonchev–Trinajstić information content (AvgIpc) is 2.94. The lowest BCUT2D eigenvalue weighted by Gasteiger charge is -2.07. The molecule has 0 saturated carbocycles. The predicted molar refractivity (Wildman–Crippen MR) is 77.4 cm³/mol. The minimum Gasteiger partial charge on any atom is -0.494 e. The second-order valence-corrected chi connectivity index (χ2v) is 4.69. The highest BCUT2D eigenvalue weighted by Gasteiger charge is 2.13. The minimum atomic E-state index is 0.387. The van der Waals surface area contributed by atoms with Crippen LogP contribution < -0.4 is 10.5 Å². The molecule has 1 aromatic heterocycles. The Balaban J connectivity index is 2.13. The van der Waals surface area contributed by atoms with Crippen LogP contribution in [0, 0.1) is 5.92 Å². The Morgan fingerprint density at radius 1 is 1.35 bits per heavy atom. The third-order valence-electron chi connectivity index (χ3n) is 3.25. The molecule has 0 amide bonds. The number of nitrogens with zero attached hydrogens (tertiary/aromatic N) is 2. The second-order valence-electron chi connectivity index (χ2n) is 4.69. The molecular formula is C15H21N3O2. The number of aromatic nitrogens is 2. The molecule has 5 heteroatoms. The molecule has 20 heavy (non-hydrogen) atoms. The number of benzene rings is 1. The van der Waals surface area contributed by atoms with Gasteiger partial charge in [0.1, 0.15) is 5.75 Å². The summed E-state index contributed by atoms with van der Waals surface area (Å²) < 4.78 is 10.8. The first-order chi connectivity index (χ1) is 9.76. The summed E-state index contributed by atoms with van der Waals surface area (Å²) in [5, 5.41) is 4.03. The maximum absolute atomic E-state index is 5.70. The van der Waals surface area contributed by atoms with Crippen molar-refractivity contribution >= 4 is 0 Å². The largest absolute Gasteiger partial charge is 0.494 e. The SMILES string of the molecule is CCOc1cccc(-c2noc(CC(CC)CN)n2)c1. The van der Waals surface area contributed by atoms with Gasteiger partial charge in [0.15, 0.2) is 0 Å². The smallest absolute Gasteiger partial charge is 0.227 e. The minimum absolute atomic E-state index is 0.387. The van der Waals surface area contributed by atoms with Gasteiger partial charge in [0, 0.05) is 12.0 Å². The van der Waals surface area contributed by atoms with E-state index in [1.165, 1.54) is 0 Å². The van der Waals surface area contributed by atoms with Crippen LogP contribution in [0.3, 0.4) is 0 Å². The number of ether oxygens (including phenoxy) is 1. The van der Waals surface area contributed by atoms with Gasteiger partial charge in [-0.3, -0.25) is 0 Å². The molecule has 0 saturated heterocycles. The zero-order valence-corrected chi connectivity index (χ0v) is 12.0. The lowest BCUT2D eigenvalue weighted by Crippen LogP contribution is -2.15. The van der Waals surface area contributed by atoms with E-state index in [0.29, 0.717) is 30.8 Å². The molecule has 1 heterocycles. The van der Waals surface area contributed by atoms with Crippen LogP contribution in [0.25, 0.3) is 11.4 Å². The molecule has 0 aliphatic rings. The topological polar surface area (TPSA) is 74.2 Å². The Kier molecular flexibility index (Phi) is 5.12. The predicted octanol–water partition coefficient (Wildman–Crippen LogP) is 2.66. The van der Waals surface area contributed by atoms with Crippen molar-refractivity contribution in [1.82, 2.24) is 10.1 Å². The molecule has 108 valence electrons. The fourth-order valence-corrected chi connectivity index (χ4v) is 1.99. The van der Waals surface area contributed by atoms with E-state index in [9.17, 15) is 0 Å². The van der Waals surface area contributed by atoms with Crippen LogP contribution in [-0.4, -0.2) is 23.3 Å². The van der Waals surface area contributed by atoms with Crippen LogP contribution in [0.1, 0.15) is 26.2 Å². The molecule has 2 aromatic rings. The van der Waals surface area contributed by atoms with Gasteiger partial charge in [0.25, 0.3) is 0 Å². The molecule has 2 rings (SSSR count). The molecule has 5 nitrogen and oxygen atoms in total. The van der Waals surface area contributed by atoms with Crippen LogP contribution >= 0.6 is 0 Å². The zero-order chi connectivity index (χ0) is 14.4. The van der Waals surface area contributed by atoms with Crippen molar-refractivity contribution in [2.75, 3.05) is 13.2 Å². The quantitative estimate of drug-likeness (QED) is 0.840. The molecule has 0 aliphatic heterocycles. The summed E-state index contributed by atoms with van der Waals surface area (Å²) >= 11 is 0. The number of nitrogens with two attached hydrogens (primary N) is 1. The van der Waals surface area contributed by atoms with Crippen LogP contribution in [0.15, 0.2) is 28.8 Å². The summed E-state index contributed by atoms with van der Waals surface area (Å²) in [6.07, 6.45) is 1.74. The maximum atomic E-state index is 5.70. The Hall–Kier alpha value is -1.88. The molecular weight excluding hydrogens is 254 g/mol. The summed E-state index contributed by atoms with van der Waals surface area (Å²) in [5.41, 5.74) is 6.59. The maximum Gasteiger partial charge on any atom is 0.227 e. The third-order valence-corrected chi connectivity index (χ3v) is 3.25. The molecule has 2 N–H and O–H groups in total. The molecule has 0 radical (unpaired) electrons. The number of rotatable bonds is 7. The highest BCUT2D eigenvalue weighted by atomic mass is 16.5. The lowest BCUT2D eigenvalue weighted by molar-refractivity contribution is 0.340. The van der Waals surface area contributed by atoms with Crippen LogP contribution in [0.4, 0.5) is 0 Å². The fourth-order valence-electron chi connectivity index (χ4n) is 1.99. The van der Waals surface area contributed by atoms with Gasteiger partial charge in [-0.1, -0.05) is 30.6 Å². The highest BCUT2D eigenvalue weighted by Crippen LogP contribution is 2.22. The number of hydrogen-bond acceptors (Lipinski definition) is 5.